The zero-order chi connectivity index (χ0) is 37.1. The van der Waals surface area contributed by atoms with Crippen LogP contribution in [-0.4, -0.2) is 75.1 Å². The molecule has 14 heteroatoms. The number of ether oxygens (including phenoxy) is 1. The van der Waals surface area contributed by atoms with Crippen LogP contribution in [0.1, 0.15) is 59.7 Å². The SMILES string of the molecule is COc1cc(-c2nccc(-c3cccc(NC(=O)c4nc5c(n4C)CCN(CC46CC(C(=O)O)(C4)C6)C5)c3Cl)c2Cl)ccc1CNC[C@@H]1CCC(=O)N1. The van der Waals surface area contributed by atoms with Crippen molar-refractivity contribution in [2.24, 2.45) is 17.9 Å². The van der Waals surface area contributed by atoms with Crippen molar-refractivity contribution in [2.75, 3.05) is 32.1 Å². The normalized spacial score (nSPS) is 23.1. The number of carbonyl (C=O) groups is 3. The highest BCUT2D eigenvalue weighted by molar-refractivity contribution is 6.39. The highest BCUT2D eigenvalue weighted by Crippen LogP contribution is 2.73. The van der Waals surface area contributed by atoms with Crippen molar-refractivity contribution in [3.63, 3.8) is 0 Å². The van der Waals surface area contributed by atoms with Crippen LogP contribution >= 0.6 is 23.2 Å². The van der Waals surface area contributed by atoms with Gasteiger partial charge in [-0.05, 0) is 49.3 Å². The number of hydrogen-bond donors (Lipinski definition) is 4. The van der Waals surface area contributed by atoms with E-state index in [0.717, 1.165) is 67.7 Å². The van der Waals surface area contributed by atoms with Crippen LogP contribution in [0.5, 0.6) is 5.75 Å². The molecule has 53 heavy (non-hydrogen) atoms. The molecule has 4 N–H and O–H groups in total. The molecule has 1 saturated heterocycles. The summed E-state index contributed by atoms with van der Waals surface area (Å²) in [6.45, 7) is 3.58. The fraction of sp³-hybridized carbons (Fsp3) is 0.410. The molecule has 3 saturated carbocycles. The van der Waals surface area contributed by atoms with Crippen LogP contribution in [0, 0.1) is 10.8 Å². The Morgan fingerprint density at radius 1 is 1.09 bits per heavy atom. The maximum atomic E-state index is 13.7. The molecule has 4 fully saturated rings. The average Bonchev–Trinajstić information content (AvgIpc) is 3.68. The molecule has 3 aliphatic carbocycles. The van der Waals surface area contributed by atoms with Crippen molar-refractivity contribution >= 4 is 46.7 Å². The molecule has 0 spiro atoms. The molecule has 4 heterocycles. The average molecular weight is 759 g/mol. The number of hydrogen-bond acceptors (Lipinski definition) is 8. The summed E-state index contributed by atoms with van der Waals surface area (Å²) in [5.41, 5.74) is 5.54. The molecule has 1 atom stereocenters. The molecular formula is C39H41Cl2N7O5. The minimum absolute atomic E-state index is 0.0922. The van der Waals surface area contributed by atoms with Gasteiger partial charge < -0.3 is 30.4 Å². The number of carboxylic acid groups (broad SMARTS) is 1. The number of carbonyl (C=O) groups excluding carboxylic acids is 2. The van der Waals surface area contributed by atoms with Crippen molar-refractivity contribution in [3.05, 3.63) is 81.5 Å². The van der Waals surface area contributed by atoms with Crippen LogP contribution in [-0.2, 0) is 36.1 Å². The molecule has 2 aliphatic heterocycles. The first-order valence-corrected chi connectivity index (χ1v) is 18.7. The summed E-state index contributed by atoms with van der Waals surface area (Å²) >= 11 is 14.0. The number of imidazole rings is 1. The van der Waals surface area contributed by atoms with E-state index in [2.05, 4.69) is 25.8 Å². The summed E-state index contributed by atoms with van der Waals surface area (Å²) in [7, 11) is 3.48. The van der Waals surface area contributed by atoms with Crippen LogP contribution in [0.15, 0.2) is 48.7 Å². The van der Waals surface area contributed by atoms with Gasteiger partial charge in [0.25, 0.3) is 5.91 Å². The number of fused-ring (bicyclic) bond motifs is 1. The number of methoxy groups -OCH3 is 1. The fourth-order valence-electron chi connectivity index (χ4n) is 8.90. The second-order valence-corrected chi connectivity index (χ2v) is 15.8. The molecule has 2 amide bonds. The number of carboxylic acids is 1. The Hall–Kier alpha value is -4.49. The Bertz CT molecular complexity index is 2130. The first-order chi connectivity index (χ1) is 25.5. The van der Waals surface area contributed by atoms with Crippen molar-refractivity contribution in [1.29, 1.82) is 0 Å². The van der Waals surface area contributed by atoms with Crippen molar-refractivity contribution < 1.29 is 24.2 Å². The largest absolute Gasteiger partial charge is 0.496 e. The zero-order valence-corrected chi connectivity index (χ0v) is 31.1. The maximum absolute atomic E-state index is 13.7. The van der Waals surface area contributed by atoms with Gasteiger partial charge in [0, 0.05) is 92.8 Å². The zero-order valence-electron chi connectivity index (χ0n) is 29.6. The molecule has 0 unspecified atom stereocenters. The third kappa shape index (κ3) is 6.45. The minimum Gasteiger partial charge on any atom is -0.496 e. The van der Waals surface area contributed by atoms with E-state index in [0.29, 0.717) is 70.2 Å². The molecule has 4 aromatic rings. The first-order valence-electron chi connectivity index (χ1n) is 17.9. The van der Waals surface area contributed by atoms with Gasteiger partial charge in [-0.2, -0.15) is 0 Å². The number of amides is 2. The van der Waals surface area contributed by atoms with Crippen LogP contribution < -0.4 is 20.7 Å². The second kappa shape index (κ2) is 13.7. The van der Waals surface area contributed by atoms with Gasteiger partial charge in [0.2, 0.25) is 5.91 Å². The molecule has 276 valence electrons. The van der Waals surface area contributed by atoms with Crippen molar-refractivity contribution in [1.82, 2.24) is 30.1 Å². The summed E-state index contributed by atoms with van der Waals surface area (Å²) < 4.78 is 7.58. The number of nitrogens with zero attached hydrogens (tertiary/aromatic N) is 4. The Balaban J connectivity index is 0.959. The van der Waals surface area contributed by atoms with Crippen molar-refractivity contribution in [2.45, 2.75) is 57.7 Å². The van der Waals surface area contributed by atoms with Crippen LogP contribution in [0.3, 0.4) is 0 Å². The van der Waals surface area contributed by atoms with Crippen LogP contribution in [0.25, 0.3) is 22.4 Å². The molecule has 2 aromatic carbocycles. The standard InChI is InChI=1S/C39H41Cl2N7O5/c1-47-29-11-13-48(21-38-18-39(19-38,20-38)37(51)52)17-28(29)45-35(47)36(50)46-27-5-3-4-25(32(27)40)26-10-12-43-34(33(26)41)22-6-7-23(30(14-22)53-2)15-42-16-24-8-9-31(49)44-24/h3-7,10,12,14,24,42H,8-9,11,13,15-21H2,1-2H3,(H,44,49)(H,46,50)(H,51,52)/t24-,38?,39?/m0/s1. The first kappa shape index (κ1) is 35.5. The lowest BCUT2D eigenvalue weighted by atomic mass is 9.35. The molecule has 0 radical (unpaired) electrons. The number of aromatic nitrogens is 3. The summed E-state index contributed by atoms with van der Waals surface area (Å²) in [6.07, 6.45) is 6.10. The molecule has 2 aromatic heterocycles. The quantitative estimate of drug-likeness (QED) is 0.143. The van der Waals surface area contributed by atoms with Gasteiger partial charge in [0.1, 0.15) is 5.75 Å². The molecule has 9 rings (SSSR count). The van der Waals surface area contributed by atoms with Crippen molar-refractivity contribution in [3.8, 4) is 28.1 Å². The number of anilines is 1. The van der Waals surface area contributed by atoms with E-state index in [1.807, 2.05) is 41.9 Å². The topological polar surface area (TPSA) is 151 Å². The number of aliphatic carboxylic acids is 1. The lowest BCUT2D eigenvalue weighted by molar-refractivity contribution is -0.228. The number of benzene rings is 2. The van der Waals surface area contributed by atoms with E-state index in [9.17, 15) is 19.5 Å². The summed E-state index contributed by atoms with van der Waals surface area (Å²) in [6, 6.07) is 13.2. The van der Waals surface area contributed by atoms with Gasteiger partial charge >= 0.3 is 5.97 Å². The summed E-state index contributed by atoms with van der Waals surface area (Å²) in [5.74, 6) is 0.0428. The van der Waals surface area contributed by atoms with Gasteiger partial charge in [-0.25, -0.2) is 4.98 Å². The van der Waals surface area contributed by atoms with E-state index in [-0.39, 0.29) is 23.3 Å². The smallest absolute Gasteiger partial charge is 0.309 e. The third-order valence-electron chi connectivity index (χ3n) is 11.5. The van der Waals surface area contributed by atoms with Gasteiger partial charge in [-0.3, -0.25) is 24.3 Å². The van der Waals surface area contributed by atoms with Gasteiger partial charge in [0.05, 0.1) is 39.6 Å². The van der Waals surface area contributed by atoms with E-state index in [1.54, 1.807) is 25.4 Å². The molecule has 2 bridgehead atoms. The fourth-order valence-corrected chi connectivity index (χ4v) is 9.50. The van der Waals surface area contributed by atoms with Gasteiger partial charge in [-0.15, -0.1) is 0 Å². The predicted molar refractivity (Wildman–Crippen MR) is 201 cm³/mol. The monoisotopic (exact) mass is 757 g/mol. The second-order valence-electron chi connectivity index (χ2n) is 15.1. The Labute approximate surface area is 317 Å². The minimum atomic E-state index is -0.666. The van der Waals surface area contributed by atoms with Crippen LogP contribution in [0.4, 0.5) is 5.69 Å². The van der Waals surface area contributed by atoms with Gasteiger partial charge in [-0.1, -0.05) is 47.5 Å². The maximum Gasteiger partial charge on any atom is 0.309 e. The number of halogens is 2. The summed E-state index contributed by atoms with van der Waals surface area (Å²) in [4.78, 5) is 48.5. The van der Waals surface area contributed by atoms with Gasteiger partial charge in [0.15, 0.2) is 5.82 Å². The Morgan fingerprint density at radius 2 is 1.89 bits per heavy atom. The lowest BCUT2D eigenvalue weighted by Gasteiger charge is -2.69. The highest BCUT2D eigenvalue weighted by Gasteiger charge is 2.71. The predicted octanol–water partition coefficient (Wildman–Crippen LogP) is 5.70. The lowest BCUT2D eigenvalue weighted by Crippen LogP contribution is -2.68. The Kier molecular flexibility index (Phi) is 9.21. The van der Waals surface area contributed by atoms with E-state index in [4.69, 9.17) is 32.9 Å². The number of nitrogens with one attached hydrogen (secondary N) is 3. The van der Waals surface area contributed by atoms with Crippen LogP contribution in [0.2, 0.25) is 10.0 Å². The molecular weight excluding hydrogens is 717 g/mol. The number of pyridine rings is 1. The molecule has 5 aliphatic rings. The summed E-state index contributed by atoms with van der Waals surface area (Å²) in [5, 5.41) is 19.6. The Morgan fingerprint density at radius 3 is 2.62 bits per heavy atom. The number of rotatable bonds is 12. The molecule has 12 nitrogen and oxygen atoms in total. The van der Waals surface area contributed by atoms with E-state index in [1.165, 1.54) is 0 Å². The van der Waals surface area contributed by atoms with E-state index < -0.39 is 11.4 Å². The van der Waals surface area contributed by atoms with E-state index >= 15 is 0 Å². The third-order valence-corrected chi connectivity index (χ3v) is 12.3. The highest BCUT2D eigenvalue weighted by atomic mass is 35.5.